The van der Waals surface area contributed by atoms with Gasteiger partial charge in [0.25, 0.3) is 0 Å². The van der Waals surface area contributed by atoms with Crippen LogP contribution in [-0.2, 0) is 4.74 Å². The molecule has 0 saturated carbocycles. The van der Waals surface area contributed by atoms with Crippen LogP contribution in [0.5, 0.6) is 0 Å². The second-order valence-electron chi connectivity index (χ2n) is 5.31. The third-order valence-electron chi connectivity index (χ3n) is 3.74. The summed E-state index contributed by atoms with van der Waals surface area (Å²) < 4.78 is 5.55. The highest BCUT2D eigenvalue weighted by Crippen LogP contribution is 2.37. The van der Waals surface area contributed by atoms with Crippen LogP contribution in [0, 0.1) is 6.92 Å². The minimum Gasteiger partial charge on any atom is -0.449 e. The molecule has 1 heterocycles. The zero-order valence-electron chi connectivity index (χ0n) is 11.9. The molecule has 0 saturated heterocycles. The van der Waals surface area contributed by atoms with E-state index in [1.165, 1.54) is 0 Å². The third kappa shape index (κ3) is 1.95. The third-order valence-corrected chi connectivity index (χ3v) is 3.74. The second kappa shape index (κ2) is 4.67. The lowest BCUT2D eigenvalue weighted by atomic mass is 9.95. The zero-order valence-corrected chi connectivity index (χ0v) is 11.9. The lowest BCUT2D eigenvalue weighted by molar-refractivity contribution is 0.0455. The van der Waals surface area contributed by atoms with Gasteiger partial charge in [-0.3, -0.25) is 0 Å². The van der Waals surface area contributed by atoms with Crippen LogP contribution in [0.25, 0.3) is 0 Å². The maximum atomic E-state index is 11.9. The standard InChI is InChI=1S/C17H17NO2/c1-11-10-12(18(2)3)8-9-13(11)16-14-6-4-5-7-15(14)17(19)20-16/h4-10,16H,1-3H3. The SMILES string of the molecule is Cc1cc(N(C)C)ccc1C1OC(=O)c2ccccc21. The van der Waals surface area contributed by atoms with Crippen molar-refractivity contribution in [2.75, 3.05) is 19.0 Å². The van der Waals surface area contributed by atoms with Crippen molar-refractivity contribution in [3.8, 4) is 0 Å². The Morgan fingerprint density at radius 2 is 1.80 bits per heavy atom. The monoisotopic (exact) mass is 267 g/mol. The molecule has 2 aromatic carbocycles. The van der Waals surface area contributed by atoms with Crippen molar-refractivity contribution in [2.24, 2.45) is 0 Å². The summed E-state index contributed by atoms with van der Waals surface area (Å²) in [6, 6.07) is 13.8. The van der Waals surface area contributed by atoms with E-state index in [1.54, 1.807) is 0 Å². The zero-order chi connectivity index (χ0) is 14.3. The van der Waals surface area contributed by atoms with Gasteiger partial charge in [-0.1, -0.05) is 24.3 Å². The summed E-state index contributed by atoms with van der Waals surface area (Å²) in [5, 5.41) is 0. The molecule has 0 radical (unpaired) electrons. The molecule has 2 aromatic rings. The topological polar surface area (TPSA) is 29.5 Å². The number of carbonyl (C=O) groups is 1. The van der Waals surface area contributed by atoms with Crippen molar-refractivity contribution in [1.29, 1.82) is 0 Å². The van der Waals surface area contributed by atoms with Gasteiger partial charge in [-0.15, -0.1) is 0 Å². The minimum atomic E-state index is -0.282. The molecule has 1 atom stereocenters. The predicted octanol–water partition coefficient (Wildman–Crippen LogP) is 3.32. The molecule has 0 spiro atoms. The summed E-state index contributed by atoms with van der Waals surface area (Å²) in [6.45, 7) is 2.05. The normalized spacial score (nSPS) is 16.8. The number of anilines is 1. The largest absolute Gasteiger partial charge is 0.449 e. The molecule has 0 bridgehead atoms. The van der Waals surface area contributed by atoms with Crippen LogP contribution >= 0.6 is 0 Å². The maximum absolute atomic E-state index is 11.9. The van der Waals surface area contributed by atoms with Gasteiger partial charge in [0, 0.05) is 30.9 Å². The molecule has 0 aromatic heterocycles. The van der Waals surface area contributed by atoms with Gasteiger partial charge in [-0.25, -0.2) is 4.79 Å². The highest BCUT2D eigenvalue weighted by Gasteiger charge is 2.32. The summed E-state index contributed by atoms with van der Waals surface area (Å²) in [4.78, 5) is 14.0. The van der Waals surface area contributed by atoms with Crippen LogP contribution in [0.15, 0.2) is 42.5 Å². The van der Waals surface area contributed by atoms with E-state index in [2.05, 4.69) is 24.0 Å². The number of cyclic esters (lactones) is 1. The molecule has 3 rings (SSSR count). The molecule has 0 aliphatic carbocycles. The molecule has 20 heavy (non-hydrogen) atoms. The van der Waals surface area contributed by atoms with Gasteiger partial charge in [0.1, 0.15) is 0 Å². The number of carbonyl (C=O) groups excluding carboxylic acids is 1. The Hall–Kier alpha value is -2.29. The Morgan fingerprint density at radius 3 is 2.50 bits per heavy atom. The summed E-state index contributed by atoms with van der Waals surface area (Å²) in [5.41, 5.74) is 4.95. The van der Waals surface area contributed by atoms with Crippen LogP contribution in [-0.4, -0.2) is 20.1 Å². The molecule has 0 N–H and O–H groups in total. The van der Waals surface area contributed by atoms with Crippen LogP contribution in [0.3, 0.4) is 0 Å². The predicted molar refractivity (Wildman–Crippen MR) is 79.2 cm³/mol. The van der Waals surface area contributed by atoms with E-state index in [9.17, 15) is 4.79 Å². The molecular formula is C17H17NO2. The summed E-state index contributed by atoms with van der Waals surface area (Å²) in [6.07, 6.45) is -0.282. The Morgan fingerprint density at radius 1 is 1.05 bits per heavy atom. The first-order chi connectivity index (χ1) is 9.58. The fourth-order valence-corrected chi connectivity index (χ4v) is 2.61. The first-order valence-corrected chi connectivity index (χ1v) is 6.65. The first kappa shape index (κ1) is 12.7. The van der Waals surface area contributed by atoms with Gasteiger partial charge in [0.05, 0.1) is 5.56 Å². The number of rotatable bonds is 2. The Balaban J connectivity index is 2.05. The number of fused-ring (bicyclic) bond motifs is 1. The van der Waals surface area contributed by atoms with Gasteiger partial charge in [0.2, 0.25) is 0 Å². The van der Waals surface area contributed by atoms with Gasteiger partial charge >= 0.3 is 5.97 Å². The van der Waals surface area contributed by atoms with Crippen molar-refractivity contribution in [2.45, 2.75) is 13.0 Å². The fraction of sp³-hybridized carbons (Fsp3) is 0.235. The smallest absolute Gasteiger partial charge is 0.339 e. The van der Waals surface area contributed by atoms with E-state index in [0.29, 0.717) is 5.56 Å². The van der Waals surface area contributed by atoms with Crippen molar-refractivity contribution in [3.63, 3.8) is 0 Å². The van der Waals surface area contributed by atoms with Gasteiger partial charge in [-0.2, -0.15) is 0 Å². The number of hydrogen-bond donors (Lipinski definition) is 0. The second-order valence-corrected chi connectivity index (χ2v) is 5.31. The molecule has 3 nitrogen and oxygen atoms in total. The van der Waals surface area contributed by atoms with E-state index in [4.69, 9.17) is 4.74 Å². The fourth-order valence-electron chi connectivity index (χ4n) is 2.61. The van der Waals surface area contributed by atoms with Crippen LogP contribution in [0.2, 0.25) is 0 Å². The lowest BCUT2D eigenvalue weighted by Crippen LogP contribution is -2.10. The number of hydrogen-bond acceptors (Lipinski definition) is 3. The van der Waals surface area contributed by atoms with Crippen LogP contribution in [0.1, 0.15) is 33.2 Å². The highest BCUT2D eigenvalue weighted by molar-refractivity contribution is 5.94. The van der Waals surface area contributed by atoms with Crippen molar-refractivity contribution in [3.05, 3.63) is 64.7 Å². The average molecular weight is 267 g/mol. The average Bonchev–Trinajstić information content (AvgIpc) is 2.76. The molecule has 1 aliphatic heterocycles. The van der Waals surface area contributed by atoms with E-state index in [-0.39, 0.29) is 12.1 Å². The summed E-state index contributed by atoms with van der Waals surface area (Å²) in [7, 11) is 4.03. The molecule has 0 fully saturated rings. The number of aryl methyl sites for hydroxylation is 1. The van der Waals surface area contributed by atoms with Crippen LogP contribution < -0.4 is 4.90 Å². The Labute approximate surface area is 118 Å². The lowest BCUT2D eigenvalue weighted by Gasteiger charge is -2.18. The maximum Gasteiger partial charge on any atom is 0.339 e. The van der Waals surface area contributed by atoms with Crippen molar-refractivity contribution >= 4 is 11.7 Å². The summed E-state index contributed by atoms with van der Waals surface area (Å²) >= 11 is 0. The Bertz CT molecular complexity index is 676. The van der Waals surface area contributed by atoms with E-state index in [1.807, 2.05) is 44.4 Å². The Kier molecular flexibility index (Phi) is 2.97. The van der Waals surface area contributed by atoms with E-state index < -0.39 is 0 Å². The van der Waals surface area contributed by atoms with E-state index >= 15 is 0 Å². The minimum absolute atomic E-state index is 0.235. The number of ether oxygens (including phenoxy) is 1. The number of esters is 1. The van der Waals surface area contributed by atoms with E-state index in [0.717, 1.165) is 22.4 Å². The number of nitrogens with zero attached hydrogens (tertiary/aromatic N) is 1. The molecule has 0 amide bonds. The molecular weight excluding hydrogens is 250 g/mol. The molecule has 3 heteroatoms. The van der Waals surface area contributed by atoms with Gasteiger partial charge < -0.3 is 9.64 Å². The number of benzene rings is 2. The first-order valence-electron chi connectivity index (χ1n) is 6.65. The van der Waals surface area contributed by atoms with Gasteiger partial charge in [-0.05, 0) is 30.7 Å². The molecule has 1 aliphatic rings. The van der Waals surface area contributed by atoms with Crippen molar-refractivity contribution in [1.82, 2.24) is 0 Å². The molecule has 1 unspecified atom stereocenters. The summed E-state index contributed by atoms with van der Waals surface area (Å²) in [5.74, 6) is -0.235. The van der Waals surface area contributed by atoms with Gasteiger partial charge in [0.15, 0.2) is 6.10 Å². The van der Waals surface area contributed by atoms with Crippen LogP contribution in [0.4, 0.5) is 5.69 Å². The quantitative estimate of drug-likeness (QED) is 0.782. The highest BCUT2D eigenvalue weighted by atomic mass is 16.5. The molecule has 102 valence electrons. The van der Waals surface area contributed by atoms with Crippen molar-refractivity contribution < 1.29 is 9.53 Å².